The van der Waals surface area contributed by atoms with Crippen molar-refractivity contribution in [3.63, 3.8) is 0 Å². The number of carbonyl (C=O) groups is 1. The van der Waals surface area contributed by atoms with Gasteiger partial charge in [0.25, 0.3) is 11.5 Å². The normalized spacial score (nSPS) is 18.4. The van der Waals surface area contributed by atoms with E-state index in [-0.39, 0.29) is 30.7 Å². The number of amides is 1. The Labute approximate surface area is 191 Å². The van der Waals surface area contributed by atoms with Crippen LogP contribution in [0.15, 0.2) is 41.5 Å². The van der Waals surface area contributed by atoms with Gasteiger partial charge in [0.2, 0.25) is 0 Å². The number of nitrogens with one attached hydrogen (secondary N) is 1. The molecule has 8 heteroatoms. The maximum Gasteiger partial charge on any atom is 0.261 e. The Hall–Kier alpha value is -3.10. The van der Waals surface area contributed by atoms with Gasteiger partial charge >= 0.3 is 0 Å². The van der Waals surface area contributed by atoms with Crippen LogP contribution in [-0.2, 0) is 11.2 Å². The van der Waals surface area contributed by atoms with Gasteiger partial charge in [-0.15, -0.1) is 0 Å². The number of aliphatic hydroxyl groups is 1. The van der Waals surface area contributed by atoms with Crippen LogP contribution in [0, 0.1) is 13.8 Å². The van der Waals surface area contributed by atoms with E-state index in [4.69, 9.17) is 4.74 Å². The number of carbonyl (C=O) groups excluding carboxylic acids is 1. The number of halogens is 1. The largest absolute Gasteiger partial charge is 0.389 e. The molecule has 3 aromatic rings. The summed E-state index contributed by atoms with van der Waals surface area (Å²) in [5.74, 6) is -0.307. The summed E-state index contributed by atoms with van der Waals surface area (Å²) in [6.45, 7) is 4.06. The van der Waals surface area contributed by atoms with Gasteiger partial charge in [0.05, 0.1) is 36.0 Å². The van der Waals surface area contributed by atoms with Crippen LogP contribution in [0.1, 0.15) is 45.1 Å². The summed E-state index contributed by atoms with van der Waals surface area (Å²) >= 11 is 0. The van der Waals surface area contributed by atoms with Gasteiger partial charge in [-0.25, -0.2) is 9.37 Å². The van der Waals surface area contributed by atoms with E-state index in [1.807, 2.05) is 32.0 Å². The summed E-state index contributed by atoms with van der Waals surface area (Å²) < 4.78 is 19.1. The topological polar surface area (TPSA) is 93.5 Å². The van der Waals surface area contributed by atoms with Crippen molar-refractivity contribution in [2.24, 2.45) is 0 Å². The summed E-state index contributed by atoms with van der Waals surface area (Å²) in [4.78, 5) is 29.9. The average molecular weight is 454 g/mol. The highest BCUT2D eigenvalue weighted by molar-refractivity contribution is 5.94. The van der Waals surface area contributed by atoms with E-state index in [0.29, 0.717) is 35.9 Å². The van der Waals surface area contributed by atoms with Crippen LogP contribution in [-0.4, -0.2) is 53.1 Å². The second-order valence-corrected chi connectivity index (χ2v) is 8.46. The summed E-state index contributed by atoms with van der Waals surface area (Å²) in [6, 6.07) is 8.69. The van der Waals surface area contributed by atoms with E-state index in [0.717, 1.165) is 22.3 Å². The number of fused-ring (bicyclic) bond motifs is 1. The zero-order chi connectivity index (χ0) is 23.5. The lowest BCUT2D eigenvalue weighted by atomic mass is 9.94. The van der Waals surface area contributed by atoms with Gasteiger partial charge in [-0.05, 0) is 67.1 Å². The number of alkyl halides is 1. The molecule has 174 valence electrons. The van der Waals surface area contributed by atoms with Crippen LogP contribution in [0.2, 0.25) is 0 Å². The predicted octanol–water partition coefficient (Wildman–Crippen LogP) is 2.63. The first-order chi connectivity index (χ1) is 15.9. The number of aliphatic hydroxyl groups excluding tert-OH is 1. The maximum absolute atomic E-state index is 13.3. The van der Waals surface area contributed by atoms with Crippen molar-refractivity contribution in [3.8, 4) is 0 Å². The monoisotopic (exact) mass is 453 g/mol. The third-order valence-corrected chi connectivity index (χ3v) is 6.39. The molecule has 1 aromatic heterocycles. The number of nitrogens with zero attached hydrogens (tertiary/aromatic N) is 2. The smallest absolute Gasteiger partial charge is 0.261 e. The second kappa shape index (κ2) is 9.80. The van der Waals surface area contributed by atoms with Crippen molar-refractivity contribution in [1.29, 1.82) is 0 Å². The first-order valence-electron chi connectivity index (χ1n) is 11.1. The third-order valence-electron chi connectivity index (χ3n) is 6.39. The Morgan fingerprint density at radius 3 is 2.73 bits per heavy atom. The van der Waals surface area contributed by atoms with Gasteiger partial charge in [0, 0.05) is 18.7 Å². The Morgan fingerprint density at radius 1 is 1.27 bits per heavy atom. The molecule has 1 saturated heterocycles. The Morgan fingerprint density at radius 2 is 2.03 bits per heavy atom. The Bertz CT molecular complexity index is 1220. The van der Waals surface area contributed by atoms with Crippen molar-refractivity contribution in [3.05, 3.63) is 74.8 Å². The van der Waals surface area contributed by atoms with E-state index >= 15 is 0 Å². The zero-order valence-electron chi connectivity index (χ0n) is 18.8. The molecular weight excluding hydrogens is 425 g/mol. The fraction of sp³-hybridized carbons (Fsp3) is 0.400. The third kappa shape index (κ3) is 4.67. The zero-order valence-corrected chi connectivity index (χ0v) is 18.8. The van der Waals surface area contributed by atoms with Crippen molar-refractivity contribution in [1.82, 2.24) is 14.9 Å². The van der Waals surface area contributed by atoms with Crippen LogP contribution in [0.5, 0.6) is 0 Å². The van der Waals surface area contributed by atoms with Crippen LogP contribution in [0.3, 0.4) is 0 Å². The van der Waals surface area contributed by atoms with Gasteiger partial charge in [-0.2, -0.15) is 0 Å². The molecule has 2 atom stereocenters. The molecule has 0 bridgehead atoms. The number of aryl methyl sites for hydroxylation is 1. The Balaban J connectivity index is 1.66. The van der Waals surface area contributed by atoms with Gasteiger partial charge in [-0.1, -0.05) is 12.1 Å². The summed E-state index contributed by atoms with van der Waals surface area (Å²) in [7, 11) is 0. The highest BCUT2D eigenvalue weighted by Gasteiger charge is 2.27. The predicted molar refractivity (Wildman–Crippen MR) is 124 cm³/mol. The van der Waals surface area contributed by atoms with E-state index < -0.39 is 12.8 Å². The molecule has 1 aliphatic rings. The summed E-state index contributed by atoms with van der Waals surface area (Å²) in [6.07, 6.45) is 1.92. The van der Waals surface area contributed by atoms with E-state index in [2.05, 4.69) is 10.3 Å². The molecule has 1 amide bonds. The number of ether oxygens (including phenoxy) is 1. The van der Waals surface area contributed by atoms with Crippen LogP contribution in [0.4, 0.5) is 4.39 Å². The first-order valence-corrected chi connectivity index (χ1v) is 11.1. The van der Waals surface area contributed by atoms with E-state index in [1.165, 1.54) is 10.9 Å². The van der Waals surface area contributed by atoms with Crippen LogP contribution >= 0.6 is 0 Å². The molecule has 2 N–H and O–H groups in total. The van der Waals surface area contributed by atoms with Gasteiger partial charge in [0.15, 0.2) is 0 Å². The maximum atomic E-state index is 13.3. The quantitative estimate of drug-likeness (QED) is 0.599. The fourth-order valence-electron chi connectivity index (χ4n) is 4.32. The number of aromatic nitrogens is 2. The lowest BCUT2D eigenvalue weighted by molar-refractivity contribution is -0.0395. The van der Waals surface area contributed by atoms with Gasteiger partial charge < -0.3 is 15.2 Å². The molecule has 2 aromatic carbocycles. The standard InChI is InChI=1S/C25H28FN3O4/c1-15-16(2)23-20(25(32)29(14-28-23)21-7-10-33-13-22(21)30)12-19(15)11-17-3-5-18(6-4-17)24(31)27-9-8-26/h3-6,12,14,21-22,30H,7-11,13H2,1-2H3,(H,27,31)/t21-,22-/m0/s1. The van der Waals surface area contributed by atoms with Gasteiger partial charge in [0.1, 0.15) is 6.67 Å². The molecule has 33 heavy (non-hydrogen) atoms. The van der Waals surface area contributed by atoms with Gasteiger partial charge in [-0.3, -0.25) is 14.2 Å². The van der Waals surface area contributed by atoms with Crippen LogP contribution < -0.4 is 10.9 Å². The number of hydrogen-bond donors (Lipinski definition) is 2. The highest BCUT2D eigenvalue weighted by atomic mass is 19.1. The molecule has 4 rings (SSSR count). The highest BCUT2D eigenvalue weighted by Crippen LogP contribution is 2.26. The number of rotatable bonds is 6. The number of benzene rings is 2. The van der Waals surface area contributed by atoms with Crippen molar-refractivity contribution in [2.45, 2.75) is 38.8 Å². The molecule has 0 radical (unpaired) electrons. The average Bonchev–Trinajstić information content (AvgIpc) is 2.82. The molecule has 1 aliphatic heterocycles. The molecular formula is C25H28FN3O4. The van der Waals surface area contributed by atoms with Crippen molar-refractivity contribution < 1.29 is 19.0 Å². The number of hydrogen-bond acceptors (Lipinski definition) is 5. The minimum Gasteiger partial charge on any atom is -0.389 e. The summed E-state index contributed by atoms with van der Waals surface area (Å²) in [5, 5.41) is 13.4. The molecule has 0 aliphatic carbocycles. The van der Waals surface area contributed by atoms with Crippen molar-refractivity contribution in [2.75, 3.05) is 26.4 Å². The van der Waals surface area contributed by atoms with Crippen molar-refractivity contribution >= 4 is 16.8 Å². The molecule has 2 heterocycles. The van der Waals surface area contributed by atoms with E-state index in [9.17, 15) is 19.1 Å². The SMILES string of the molecule is Cc1c(Cc2ccc(C(=O)NCCF)cc2)cc2c(=O)n([C@H]3CCOC[C@@H]3O)cnc2c1C. The first kappa shape index (κ1) is 23.1. The van der Waals surface area contributed by atoms with Crippen LogP contribution in [0.25, 0.3) is 10.9 Å². The molecule has 0 saturated carbocycles. The Kier molecular flexibility index (Phi) is 6.85. The molecule has 0 spiro atoms. The lowest BCUT2D eigenvalue weighted by Gasteiger charge is -2.29. The summed E-state index contributed by atoms with van der Waals surface area (Å²) in [5.41, 5.74) is 4.96. The molecule has 1 fully saturated rings. The van der Waals surface area contributed by atoms with E-state index in [1.54, 1.807) is 12.1 Å². The minimum atomic E-state index is -0.748. The molecule has 7 nitrogen and oxygen atoms in total. The fourth-order valence-corrected chi connectivity index (χ4v) is 4.32. The lowest BCUT2D eigenvalue weighted by Crippen LogP contribution is -2.39. The molecule has 0 unspecified atom stereocenters. The minimum absolute atomic E-state index is 0.00732. The second-order valence-electron chi connectivity index (χ2n) is 8.46.